The number of benzene rings is 2. The predicted molar refractivity (Wildman–Crippen MR) is 141 cm³/mol. The van der Waals surface area contributed by atoms with Crippen molar-refractivity contribution in [1.82, 2.24) is 9.80 Å². The zero-order valence-corrected chi connectivity index (χ0v) is 22.2. The van der Waals surface area contributed by atoms with Crippen LogP contribution in [0, 0.1) is 0 Å². The van der Waals surface area contributed by atoms with Gasteiger partial charge in [0.15, 0.2) is 11.5 Å². The van der Waals surface area contributed by atoms with E-state index in [1.165, 1.54) is 14.2 Å². The SMILES string of the molecule is COc1ccc(/C(O)=C2\C(=O)C(=O)N(CCN3CCOCC3)C2c2ccc(C(C)(C)C)cc2)cc1OC. The molecule has 2 aliphatic heterocycles. The smallest absolute Gasteiger partial charge is 0.295 e. The van der Waals surface area contributed by atoms with Gasteiger partial charge in [0, 0.05) is 31.7 Å². The van der Waals surface area contributed by atoms with Crippen LogP contribution < -0.4 is 9.47 Å². The van der Waals surface area contributed by atoms with E-state index in [1.54, 1.807) is 23.1 Å². The first kappa shape index (κ1) is 26.7. The maximum atomic E-state index is 13.4. The molecule has 0 spiro atoms. The lowest BCUT2D eigenvalue weighted by Gasteiger charge is -2.31. The number of carbonyl (C=O) groups is 2. The third kappa shape index (κ3) is 5.50. The molecule has 37 heavy (non-hydrogen) atoms. The number of aliphatic hydroxyl groups is 1. The number of morpholine rings is 1. The van der Waals surface area contributed by atoms with Gasteiger partial charge in [-0.15, -0.1) is 0 Å². The summed E-state index contributed by atoms with van der Waals surface area (Å²) in [6.07, 6.45) is 0. The molecule has 4 rings (SSSR count). The van der Waals surface area contributed by atoms with Crippen molar-refractivity contribution in [3.05, 3.63) is 64.7 Å². The number of Topliss-reactive ketones (excluding diaryl/α,β-unsaturated/α-hetero) is 1. The Bertz CT molecular complexity index is 1180. The van der Waals surface area contributed by atoms with E-state index in [0.29, 0.717) is 43.4 Å². The fourth-order valence-corrected chi connectivity index (χ4v) is 4.84. The van der Waals surface area contributed by atoms with Crippen molar-refractivity contribution in [3.8, 4) is 11.5 Å². The number of hydrogen-bond donors (Lipinski definition) is 1. The normalized spacial score (nSPS) is 20.4. The van der Waals surface area contributed by atoms with Gasteiger partial charge in [0.05, 0.1) is 39.0 Å². The first-order chi connectivity index (χ1) is 17.7. The van der Waals surface area contributed by atoms with Gasteiger partial charge in [-0.2, -0.15) is 0 Å². The Morgan fingerprint density at radius 3 is 2.22 bits per heavy atom. The lowest BCUT2D eigenvalue weighted by atomic mass is 9.85. The summed E-state index contributed by atoms with van der Waals surface area (Å²) in [6.45, 7) is 10.2. The quantitative estimate of drug-likeness (QED) is 0.346. The van der Waals surface area contributed by atoms with E-state index in [2.05, 4.69) is 25.7 Å². The van der Waals surface area contributed by atoms with Crippen LogP contribution in [0.2, 0.25) is 0 Å². The molecule has 2 aromatic carbocycles. The third-order valence-corrected chi connectivity index (χ3v) is 7.05. The number of ether oxygens (including phenoxy) is 3. The van der Waals surface area contributed by atoms with Gasteiger partial charge < -0.3 is 24.2 Å². The zero-order valence-electron chi connectivity index (χ0n) is 22.2. The van der Waals surface area contributed by atoms with Crippen LogP contribution in [-0.2, 0) is 19.7 Å². The summed E-state index contributed by atoms with van der Waals surface area (Å²) in [6, 6.07) is 12.1. The minimum atomic E-state index is -0.705. The lowest BCUT2D eigenvalue weighted by molar-refractivity contribution is -0.140. The molecule has 0 aromatic heterocycles. The average molecular weight is 509 g/mol. The molecule has 0 aliphatic carbocycles. The Morgan fingerprint density at radius 1 is 0.973 bits per heavy atom. The number of amides is 1. The number of rotatable bonds is 7. The molecule has 8 nitrogen and oxygen atoms in total. The maximum Gasteiger partial charge on any atom is 0.295 e. The highest BCUT2D eigenvalue weighted by Gasteiger charge is 2.46. The monoisotopic (exact) mass is 508 g/mol. The second kappa shape index (κ2) is 10.9. The van der Waals surface area contributed by atoms with Crippen molar-refractivity contribution in [1.29, 1.82) is 0 Å². The molecule has 8 heteroatoms. The number of methoxy groups -OCH3 is 2. The van der Waals surface area contributed by atoms with Crippen LogP contribution in [0.15, 0.2) is 48.0 Å². The summed E-state index contributed by atoms with van der Waals surface area (Å²) in [5.74, 6) is -0.629. The number of aliphatic hydroxyl groups excluding tert-OH is 1. The Morgan fingerprint density at radius 2 is 1.62 bits per heavy atom. The second-order valence-corrected chi connectivity index (χ2v) is 10.4. The predicted octanol–water partition coefficient (Wildman–Crippen LogP) is 3.76. The fourth-order valence-electron chi connectivity index (χ4n) is 4.84. The highest BCUT2D eigenvalue weighted by Crippen LogP contribution is 2.41. The molecule has 0 bridgehead atoms. The lowest BCUT2D eigenvalue weighted by Crippen LogP contribution is -2.42. The van der Waals surface area contributed by atoms with Crippen LogP contribution in [0.3, 0.4) is 0 Å². The van der Waals surface area contributed by atoms with Crippen LogP contribution in [0.5, 0.6) is 11.5 Å². The Hall–Kier alpha value is -3.36. The number of nitrogens with zero attached hydrogens (tertiary/aromatic N) is 2. The zero-order chi connectivity index (χ0) is 26.7. The standard InChI is InChI=1S/C29H36N2O6/c1-29(2,3)21-9-6-19(7-10-21)25-24(26(32)20-8-11-22(35-4)23(18-20)36-5)27(33)28(34)31(25)13-12-30-14-16-37-17-15-30/h6-11,18,25,32H,12-17H2,1-5H3/b26-24+. The van der Waals surface area contributed by atoms with Gasteiger partial charge in [0.25, 0.3) is 11.7 Å². The largest absolute Gasteiger partial charge is 0.507 e. The molecule has 1 atom stereocenters. The molecular weight excluding hydrogens is 472 g/mol. The fraction of sp³-hybridized carbons (Fsp3) is 0.448. The van der Waals surface area contributed by atoms with E-state index >= 15 is 0 Å². The van der Waals surface area contributed by atoms with E-state index in [4.69, 9.17) is 14.2 Å². The van der Waals surface area contributed by atoms with Gasteiger partial charge in [-0.05, 0) is 34.7 Å². The first-order valence-corrected chi connectivity index (χ1v) is 12.6. The van der Waals surface area contributed by atoms with Crippen LogP contribution in [0.1, 0.15) is 43.5 Å². The van der Waals surface area contributed by atoms with Gasteiger partial charge in [0.1, 0.15) is 5.76 Å². The van der Waals surface area contributed by atoms with E-state index in [-0.39, 0.29) is 16.7 Å². The van der Waals surface area contributed by atoms with Crippen molar-refractivity contribution in [2.24, 2.45) is 0 Å². The minimum Gasteiger partial charge on any atom is -0.507 e. The molecule has 1 N–H and O–H groups in total. The number of carbonyl (C=O) groups excluding carboxylic acids is 2. The molecule has 1 unspecified atom stereocenters. The molecule has 198 valence electrons. The first-order valence-electron chi connectivity index (χ1n) is 12.6. The van der Waals surface area contributed by atoms with Crippen molar-refractivity contribution in [2.75, 3.05) is 53.6 Å². The molecule has 2 heterocycles. The Kier molecular flexibility index (Phi) is 7.90. The van der Waals surface area contributed by atoms with Crippen LogP contribution >= 0.6 is 0 Å². The van der Waals surface area contributed by atoms with Gasteiger partial charge in [-0.25, -0.2) is 0 Å². The third-order valence-electron chi connectivity index (χ3n) is 7.05. The van der Waals surface area contributed by atoms with Gasteiger partial charge in [-0.3, -0.25) is 14.5 Å². The average Bonchev–Trinajstić information content (AvgIpc) is 3.16. The molecule has 0 saturated carbocycles. The molecule has 2 aliphatic rings. The number of hydrogen-bond acceptors (Lipinski definition) is 7. The van der Waals surface area contributed by atoms with Crippen LogP contribution in [-0.4, -0.2) is 80.2 Å². The highest BCUT2D eigenvalue weighted by atomic mass is 16.5. The number of ketones is 1. The molecule has 2 fully saturated rings. The molecule has 1 amide bonds. The summed E-state index contributed by atoms with van der Waals surface area (Å²) in [5, 5.41) is 11.4. The summed E-state index contributed by atoms with van der Waals surface area (Å²) >= 11 is 0. The van der Waals surface area contributed by atoms with E-state index in [1.807, 2.05) is 24.3 Å². The number of likely N-dealkylation sites (tertiary alicyclic amines) is 1. The molecule has 0 radical (unpaired) electrons. The van der Waals surface area contributed by atoms with Crippen molar-refractivity contribution in [2.45, 2.75) is 32.2 Å². The van der Waals surface area contributed by atoms with Crippen molar-refractivity contribution < 1.29 is 28.9 Å². The molecule has 2 saturated heterocycles. The minimum absolute atomic E-state index is 0.0453. The Balaban J connectivity index is 1.77. The van der Waals surface area contributed by atoms with Gasteiger partial charge in [0.2, 0.25) is 0 Å². The van der Waals surface area contributed by atoms with E-state index in [9.17, 15) is 14.7 Å². The van der Waals surface area contributed by atoms with Crippen molar-refractivity contribution in [3.63, 3.8) is 0 Å². The maximum absolute atomic E-state index is 13.4. The molecular formula is C29H36N2O6. The van der Waals surface area contributed by atoms with Crippen LogP contribution in [0.25, 0.3) is 5.76 Å². The van der Waals surface area contributed by atoms with E-state index in [0.717, 1.165) is 24.2 Å². The summed E-state index contributed by atoms with van der Waals surface area (Å²) in [5.41, 5.74) is 2.32. The van der Waals surface area contributed by atoms with Gasteiger partial charge in [-0.1, -0.05) is 45.0 Å². The highest BCUT2D eigenvalue weighted by molar-refractivity contribution is 6.46. The Labute approximate surface area is 218 Å². The topological polar surface area (TPSA) is 88.5 Å². The van der Waals surface area contributed by atoms with Crippen molar-refractivity contribution >= 4 is 17.4 Å². The van der Waals surface area contributed by atoms with Crippen LogP contribution in [0.4, 0.5) is 0 Å². The second-order valence-electron chi connectivity index (χ2n) is 10.4. The summed E-state index contributed by atoms with van der Waals surface area (Å²) < 4.78 is 16.1. The summed E-state index contributed by atoms with van der Waals surface area (Å²) in [4.78, 5) is 30.5. The van der Waals surface area contributed by atoms with E-state index < -0.39 is 17.7 Å². The molecule has 2 aromatic rings. The summed E-state index contributed by atoms with van der Waals surface area (Å²) in [7, 11) is 3.03. The van der Waals surface area contributed by atoms with Gasteiger partial charge >= 0.3 is 0 Å².